The number of anilines is 1. The molecule has 0 saturated heterocycles. The Kier molecular flexibility index (Phi) is 6.36. The molecule has 0 bridgehead atoms. The van der Waals surface area contributed by atoms with Crippen molar-refractivity contribution in [2.75, 3.05) is 31.7 Å². The number of alkyl halides is 1. The molecule has 102 valence electrons. The van der Waals surface area contributed by atoms with Crippen LogP contribution in [0.25, 0.3) is 0 Å². The lowest BCUT2D eigenvalue weighted by atomic mass is 10.2. The quantitative estimate of drug-likeness (QED) is 0.715. The van der Waals surface area contributed by atoms with Crippen molar-refractivity contribution in [3.63, 3.8) is 0 Å². The minimum Gasteiger partial charge on any atom is -0.383 e. The van der Waals surface area contributed by atoms with Gasteiger partial charge in [0, 0.05) is 37.7 Å². The average Bonchev–Trinajstić information content (AvgIpc) is 2.34. The van der Waals surface area contributed by atoms with E-state index in [1.54, 1.807) is 7.11 Å². The number of aromatic nitrogens is 2. The van der Waals surface area contributed by atoms with Gasteiger partial charge in [0.05, 0.1) is 12.5 Å². The molecule has 1 rings (SSSR count). The van der Waals surface area contributed by atoms with Crippen LogP contribution >= 0.6 is 11.6 Å². The van der Waals surface area contributed by atoms with Gasteiger partial charge < -0.3 is 9.64 Å². The molecule has 0 spiro atoms. The molecule has 0 saturated carbocycles. The maximum Gasteiger partial charge on any atom is 0.225 e. The second-order valence-corrected chi connectivity index (χ2v) is 5.01. The molecule has 0 aliphatic rings. The normalized spacial score (nSPS) is 11.0. The Morgan fingerprint density at radius 3 is 2.67 bits per heavy atom. The summed E-state index contributed by atoms with van der Waals surface area (Å²) >= 11 is 5.82. The van der Waals surface area contributed by atoms with Crippen molar-refractivity contribution < 1.29 is 4.74 Å². The van der Waals surface area contributed by atoms with E-state index in [2.05, 4.69) is 28.7 Å². The number of aryl methyl sites for hydroxylation is 1. The summed E-state index contributed by atoms with van der Waals surface area (Å²) in [5, 5.41) is 0. The molecular formula is C13H22ClN3O. The van der Waals surface area contributed by atoms with E-state index >= 15 is 0 Å². The highest BCUT2D eigenvalue weighted by molar-refractivity contribution is 6.17. The van der Waals surface area contributed by atoms with Crippen molar-refractivity contribution >= 4 is 17.5 Å². The summed E-state index contributed by atoms with van der Waals surface area (Å²) in [7, 11) is 1.70. The fourth-order valence-corrected chi connectivity index (χ4v) is 1.94. The van der Waals surface area contributed by atoms with E-state index < -0.39 is 0 Å². The Labute approximate surface area is 114 Å². The van der Waals surface area contributed by atoms with E-state index in [0.717, 1.165) is 30.3 Å². The summed E-state index contributed by atoms with van der Waals surface area (Å²) in [6.45, 7) is 8.72. The number of hydrogen-bond donors (Lipinski definition) is 0. The third-order valence-electron chi connectivity index (χ3n) is 2.65. The predicted molar refractivity (Wildman–Crippen MR) is 75.3 cm³/mol. The zero-order valence-corrected chi connectivity index (χ0v) is 12.4. The highest BCUT2D eigenvalue weighted by atomic mass is 35.5. The maximum atomic E-state index is 5.82. The van der Waals surface area contributed by atoms with Crippen LogP contribution in [-0.2, 0) is 10.6 Å². The lowest BCUT2D eigenvalue weighted by molar-refractivity contribution is 0.204. The van der Waals surface area contributed by atoms with E-state index in [1.165, 1.54) is 0 Å². The van der Waals surface area contributed by atoms with Gasteiger partial charge in [0.1, 0.15) is 0 Å². The molecule has 0 aliphatic heterocycles. The predicted octanol–water partition coefficient (Wildman–Crippen LogP) is 2.63. The molecule has 1 heterocycles. The van der Waals surface area contributed by atoms with Crippen LogP contribution in [0.1, 0.15) is 25.1 Å². The van der Waals surface area contributed by atoms with E-state index in [9.17, 15) is 0 Å². The van der Waals surface area contributed by atoms with E-state index in [0.29, 0.717) is 18.4 Å². The smallest absolute Gasteiger partial charge is 0.225 e. The Bertz CT molecular complexity index is 371. The van der Waals surface area contributed by atoms with Gasteiger partial charge in [0.25, 0.3) is 0 Å². The van der Waals surface area contributed by atoms with Crippen molar-refractivity contribution in [2.24, 2.45) is 5.92 Å². The third-order valence-corrected chi connectivity index (χ3v) is 2.93. The van der Waals surface area contributed by atoms with E-state index in [1.807, 2.05) is 13.1 Å². The molecule has 0 amide bonds. The van der Waals surface area contributed by atoms with Gasteiger partial charge in [-0.05, 0) is 12.8 Å². The fraction of sp³-hybridized carbons (Fsp3) is 0.692. The molecule has 4 nitrogen and oxygen atoms in total. The van der Waals surface area contributed by atoms with E-state index in [4.69, 9.17) is 16.3 Å². The SMILES string of the molecule is COCCN(CC(C)C)c1ncc(CCl)c(C)n1. The number of nitrogens with zero attached hydrogens (tertiary/aromatic N) is 3. The van der Waals surface area contributed by atoms with Crippen molar-refractivity contribution in [1.29, 1.82) is 0 Å². The Morgan fingerprint density at radius 2 is 2.17 bits per heavy atom. The first-order valence-electron chi connectivity index (χ1n) is 6.20. The van der Waals surface area contributed by atoms with Crippen LogP contribution in [0.4, 0.5) is 5.95 Å². The zero-order chi connectivity index (χ0) is 13.5. The van der Waals surface area contributed by atoms with Gasteiger partial charge in [-0.3, -0.25) is 0 Å². The van der Waals surface area contributed by atoms with Gasteiger partial charge in [0.15, 0.2) is 0 Å². The largest absolute Gasteiger partial charge is 0.383 e. The first-order valence-corrected chi connectivity index (χ1v) is 6.74. The first-order chi connectivity index (χ1) is 8.58. The molecule has 0 fully saturated rings. The molecule has 0 radical (unpaired) electrons. The summed E-state index contributed by atoms with van der Waals surface area (Å²) in [5.41, 5.74) is 1.93. The van der Waals surface area contributed by atoms with E-state index in [-0.39, 0.29) is 0 Å². The summed E-state index contributed by atoms with van der Waals surface area (Å²) in [6, 6.07) is 0. The summed E-state index contributed by atoms with van der Waals surface area (Å²) in [4.78, 5) is 11.1. The van der Waals surface area contributed by atoms with Crippen LogP contribution in [0.2, 0.25) is 0 Å². The Morgan fingerprint density at radius 1 is 1.44 bits per heavy atom. The Balaban J connectivity index is 2.86. The van der Waals surface area contributed by atoms with Crippen molar-refractivity contribution in [3.05, 3.63) is 17.5 Å². The number of hydrogen-bond acceptors (Lipinski definition) is 4. The number of rotatable bonds is 7. The Hall–Kier alpha value is -0.870. The average molecular weight is 272 g/mol. The van der Waals surface area contributed by atoms with Crippen LogP contribution in [-0.4, -0.2) is 36.8 Å². The van der Waals surface area contributed by atoms with Crippen molar-refractivity contribution in [1.82, 2.24) is 9.97 Å². The van der Waals surface area contributed by atoms with Gasteiger partial charge in [-0.1, -0.05) is 13.8 Å². The van der Waals surface area contributed by atoms with Gasteiger partial charge in [-0.15, -0.1) is 11.6 Å². The third kappa shape index (κ3) is 4.42. The summed E-state index contributed by atoms with van der Waals surface area (Å²) in [5.74, 6) is 1.76. The molecule has 5 heteroatoms. The van der Waals surface area contributed by atoms with Gasteiger partial charge >= 0.3 is 0 Å². The standard InChI is InChI=1S/C13H22ClN3O/c1-10(2)9-17(5-6-18-4)13-15-8-12(7-14)11(3)16-13/h8,10H,5-7,9H2,1-4H3. The lowest BCUT2D eigenvalue weighted by Gasteiger charge is -2.24. The van der Waals surface area contributed by atoms with Crippen molar-refractivity contribution in [3.8, 4) is 0 Å². The zero-order valence-electron chi connectivity index (χ0n) is 11.6. The van der Waals surface area contributed by atoms with Crippen molar-refractivity contribution in [2.45, 2.75) is 26.7 Å². The van der Waals surface area contributed by atoms with Crippen LogP contribution < -0.4 is 4.90 Å². The van der Waals surface area contributed by atoms with Crippen LogP contribution in [0.3, 0.4) is 0 Å². The molecule has 0 unspecified atom stereocenters. The fourth-order valence-electron chi connectivity index (χ4n) is 1.68. The number of ether oxygens (including phenoxy) is 1. The summed E-state index contributed by atoms with van der Waals surface area (Å²) < 4.78 is 5.13. The molecule has 0 N–H and O–H groups in total. The highest BCUT2D eigenvalue weighted by Crippen LogP contribution is 2.14. The van der Waals surface area contributed by atoms with Crippen LogP contribution in [0.15, 0.2) is 6.20 Å². The molecule has 18 heavy (non-hydrogen) atoms. The maximum absolute atomic E-state index is 5.82. The second kappa shape index (κ2) is 7.54. The molecule has 0 aromatic carbocycles. The molecule has 0 atom stereocenters. The summed E-state index contributed by atoms with van der Waals surface area (Å²) in [6.07, 6.45) is 1.81. The van der Waals surface area contributed by atoms with Gasteiger partial charge in [-0.2, -0.15) is 0 Å². The van der Waals surface area contributed by atoms with Gasteiger partial charge in [-0.25, -0.2) is 9.97 Å². The molecule has 1 aromatic heterocycles. The lowest BCUT2D eigenvalue weighted by Crippen LogP contribution is -2.32. The first kappa shape index (κ1) is 15.2. The number of methoxy groups -OCH3 is 1. The minimum absolute atomic E-state index is 0.453. The van der Waals surface area contributed by atoms with Crippen LogP contribution in [0.5, 0.6) is 0 Å². The molecule has 1 aromatic rings. The second-order valence-electron chi connectivity index (χ2n) is 4.75. The highest BCUT2D eigenvalue weighted by Gasteiger charge is 2.12. The molecular weight excluding hydrogens is 250 g/mol. The monoisotopic (exact) mass is 271 g/mol. The topological polar surface area (TPSA) is 38.2 Å². The minimum atomic E-state index is 0.453. The van der Waals surface area contributed by atoms with Gasteiger partial charge in [0.2, 0.25) is 5.95 Å². The number of halogens is 1. The van der Waals surface area contributed by atoms with Crippen LogP contribution in [0, 0.1) is 12.8 Å². The molecule has 0 aliphatic carbocycles.